The standard InChI is InChI=1S/C17H28N2/c1-13-6-7-15(10-14(13)2)16(18-5)11-19-9-8-17(3,4)12-19/h6-7,10,16,18H,8-9,11-12H2,1-5H3. The molecule has 0 aromatic heterocycles. The van der Waals surface area contributed by atoms with Crippen LogP contribution in [0, 0.1) is 19.3 Å². The first-order chi connectivity index (χ1) is 8.91. The van der Waals surface area contributed by atoms with Crippen molar-refractivity contribution in [1.29, 1.82) is 0 Å². The number of benzene rings is 1. The molecule has 0 saturated carbocycles. The average molecular weight is 260 g/mol. The van der Waals surface area contributed by atoms with Crippen molar-refractivity contribution in [2.24, 2.45) is 5.41 Å². The van der Waals surface area contributed by atoms with Crippen LogP contribution in [-0.4, -0.2) is 31.6 Å². The fourth-order valence-corrected chi connectivity index (χ4v) is 2.98. The van der Waals surface area contributed by atoms with Crippen LogP contribution in [-0.2, 0) is 0 Å². The van der Waals surface area contributed by atoms with Gasteiger partial charge < -0.3 is 10.2 Å². The van der Waals surface area contributed by atoms with Crippen LogP contribution in [0.4, 0.5) is 0 Å². The highest BCUT2D eigenvalue weighted by Gasteiger charge is 2.30. The first kappa shape index (κ1) is 14.5. The Morgan fingerprint density at radius 2 is 2.00 bits per heavy atom. The highest BCUT2D eigenvalue weighted by atomic mass is 15.2. The van der Waals surface area contributed by atoms with E-state index in [0.29, 0.717) is 11.5 Å². The molecule has 19 heavy (non-hydrogen) atoms. The maximum absolute atomic E-state index is 3.48. The minimum Gasteiger partial charge on any atom is -0.312 e. The van der Waals surface area contributed by atoms with Crippen LogP contribution in [0.2, 0.25) is 0 Å². The van der Waals surface area contributed by atoms with Crippen LogP contribution in [0.15, 0.2) is 18.2 Å². The predicted molar refractivity (Wildman–Crippen MR) is 82.6 cm³/mol. The summed E-state index contributed by atoms with van der Waals surface area (Å²) < 4.78 is 0. The Balaban J connectivity index is 2.06. The summed E-state index contributed by atoms with van der Waals surface area (Å²) in [7, 11) is 2.07. The van der Waals surface area contributed by atoms with Crippen LogP contribution < -0.4 is 5.32 Å². The molecule has 0 radical (unpaired) electrons. The molecule has 0 aliphatic carbocycles. The van der Waals surface area contributed by atoms with Crippen LogP contribution in [0.1, 0.15) is 43.0 Å². The second-order valence-corrected chi connectivity index (χ2v) is 6.83. The Bertz CT molecular complexity index is 437. The second-order valence-electron chi connectivity index (χ2n) is 6.83. The van der Waals surface area contributed by atoms with E-state index in [9.17, 15) is 0 Å². The number of rotatable bonds is 4. The fourth-order valence-electron chi connectivity index (χ4n) is 2.98. The lowest BCUT2D eigenvalue weighted by molar-refractivity contribution is 0.265. The number of likely N-dealkylation sites (tertiary alicyclic amines) is 1. The molecule has 1 fully saturated rings. The molecule has 1 aliphatic heterocycles. The van der Waals surface area contributed by atoms with E-state index < -0.39 is 0 Å². The molecule has 1 aliphatic rings. The summed E-state index contributed by atoms with van der Waals surface area (Å²) >= 11 is 0. The zero-order valence-corrected chi connectivity index (χ0v) is 13.1. The first-order valence-corrected chi connectivity index (χ1v) is 7.38. The van der Waals surface area contributed by atoms with Gasteiger partial charge in [0, 0.05) is 19.1 Å². The van der Waals surface area contributed by atoms with E-state index in [4.69, 9.17) is 0 Å². The molecule has 106 valence electrons. The van der Waals surface area contributed by atoms with Gasteiger partial charge in [0.15, 0.2) is 0 Å². The van der Waals surface area contributed by atoms with Crippen molar-refractivity contribution in [1.82, 2.24) is 10.2 Å². The molecule has 0 spiro atoms. The number of hydrogen-bond acceptors (Lipinski definition) is 2. The van der Waals surface area contributed by atoms with Gasteiger partial charge in [0.2, 0.25) is 0 Å². The van der Waals surface area contributed by atoms with Gasteiger partial charge in [0.25, 0.3) is 0 Å². The lowest BCUT2D eigenvalue weighted by Gasteiger charge is -2.25. The number of nitrogens with zero attached hydrogens (tertiary/aromatic N) is 1. The summed E-state index contributed by atoms with van der Waals surface area (Å²) in [5, 5.41) is 3.48. The van der Waals surface area contributed by atoms with Crippen LogP contribution >= 0.6 is 0 Å². The van der Waals surface area contributed by atoms with E-state index >= 15 is 0 Å². The Morgan fingerprint density at radius 3 is 2.53 bits per heavy atom. The third kappa shape index (κ3) is 3.58. The van der Waals surface area contributed by atoms with E-state index in [1.165, 1.54) is 36.2 Å². The summed E-state index contributed by atoms with van der Waals surface area (Å²) in [6.07, 6.45) is 1.32. The SMILES string of the molecule is CNC(CN1CCC(C)(C)C1)c1ccc(C)c(C)c1. The molecule has 2 heteroatoms. The van der Waals surface area contributed by atoms with Crippen molar-refractivity contribution in [2.75, 3.05) is 26.7 Å². The molecule has 2 rings (SSSR count). The molecule has 2 nitrogen and oxygen atoms in total. The summed E-state index contributed by atoms with van der Waals surface area (Å²) in [5.41, 5.74) is 4.66. The Labute approximate surface area is 118 Å². The van der Waals surface area contributed by atoms with Crippen molar-refractivity contribution in [3.05, 3.63) is 34.9 Å². The summed E-state index contributed by atoms with van der Waals surface area (Å²) in [4.78, 5) is 2.59. The van der Waals surface area contributed by atoms with Crippen molar-refractivity contribution in [3.8, 4) is 0 Å². The molecule has 1 saturated heterocycles. The third-order valence-electron chi connectivity index (χ3n) is 4.48. The highest BCUT2D eigenvalue weighted by molar-refractivity contribution is 5.31. The number of hydrogen-bond donors (Lipinski definition) is 1. The van der Waals surface area contributed by atoms with Gasteiger partial charge in [0.05, 0.1) is 0 Å². The minimum atomic E-state index is 0.438. The monoisotopic (exact) mass is 260 g/mol. The predicted octanol–water partition coefficient (Wildman–Crippen LogP) is 3.30. The van der Waals surface area contributed by atoms with E-state index in [1.807, 2.05) is 0 Å². The maximum Gasteiger partial charge on any atom is 0.0446 e. The van der Waals surface area contributed by atoms with Gasteiger partial charge in [-0.2, -0.15) is 0 Å². The molecular formula is C17H28N2. The molecule has 0 bridgehead atoms. The van der Waals surface area contributed by atoms with E-state index in [2.05, 4.69) is 63.2 Å². The lowest BCUT2D eigenvalue weighted by Crippen LogP contribution is -2.33. The van der Waals surface area contributed by atoms with Gasteiger partial charge in [-0.25, -0.2) is 0 Å². The van der Waals surface area contributed by atoms with Crippen molar-refractivity contribution in [3.63, 3.8) is 0 Å². The third-order valence-corrected chi connectivity index (χ3v) is 4.48. The summed E-state index contributed by atoms with van der Waals surface area (Å²) in [6.45, 7) is 12.7. The Morgan fingerprint density at radius 1 is 1.26 bits per heavy atom. The Kier molecular flexibility index (Phi) is 4.32. The molecule has 1 aromatic rings. The van der Waals surface area contributed by atoms with Crippen molar-refractivity contribution >= 4 is 0 Å². The molecule has 1 aromatic carbocycles. The lowest BCUT2D eigenvalue weighted by atomic mass is 9.93. The zero-order valence-electron chi connectivity index (χ0n) is 13.1. The average Bonchev–Trinajstić information content (AvgIpc) is 2.69. The van der Waals surface area contributed by atoms with Gasteiger partial charge in [-0.05, 0) is 56.0 Å². The van der Waals surface area contributed by atoms with Crippen molar-refractivity contribution < 1.29 is 0 Å². The second kappa shape index (κ2) is 5.64. The fraction of sp³-hybridized carbons (Fsp3) is 0.647. The minimum absolute atomic E-state index is 0.438. The van der Waals surface area contributed by atoms with Crippen LogP contribution in [0.5, 0.6) is 0 Å². The van der Waals surface area contributed by atoms with E-state index in [0.717, 1.165) is 6.54 Å². The summed E-state index contributed by atoms with van der Waals surface area (Å²) in [6, 6.07) is 7.28. The Hall–Kier alpha value is -0.860. The van der Waals surface area contributed by atoms with E-state index in [1.54, 1.807) is 0 Å². The smallest absolute Gasteiger partial charge is 0.0446 e. The first-order valence-electron chi connectivity index (χ1n) is 7.38. The zero-order chi connectivity index (χ0) is 14.0. The molecule has 1 atom stereocenters. The van der Waals surface area contributed by atoms with Gasteiger partial charge in [-0.1, -0.05) is 32.0 Å². The maximum atomic E-state index is 3.48. The molecule has 0 amide bonds. The van der Waals surface area contributed by atoms with E-state index in [-0.39, 0.29) is 0 Å². The normalized spacial score (nSPS) is 20.7. The topological polar surface area (TPSA) is 15.3 Å². The highest BCUT2D eigenvalue weighted by Crippen LogP contribution is 2.30. The molecule has 1 unspecified atom stereocenters. The van der Waals surface area contributed by atoms with Gasteiger partial charge in [-0.15, -0.1) is 0 Å². The van der Waals surface area contributed by atoms with Crippen LogP contribution in [0.3, 0.4) is 0 Å². The summed E-state index contributed by atoms with van der Waals surface area (Å²) in [5.74, 6) is 0. The van der Waals surface area contributed by atoms with Gasteiger partial charge in [0.1, 0.15) is 0 Å². The largest absolute Gasteiger partial charge is 0.312 e. The quantitative estimate of drug-likeness (QED) is 0.893. The van der Waals surface area contributed by atoms with Gasteiger partial charge >= 0.3 is 0 Å². The van der Waals surface area contributed by atoms with Gasteiger partial charge in [-0.3, -0.25) is 0 Å². The number of aryl methyl sites for hydroxylation is 2. The van der Waals surface area contributed by atoms with Crippen molar-refractivity contribution in [2.45, 2.75) is 40.2 Å². The number of likely N-dealkylation sites (N-methyl/N-ethyl adjacent to an activating group) is 1. The molecule has 1 N–H and O–H groups in total. The molecular weight excluding hydrogens is 232 g/mol. The number of nitrogens with one attached hydrogen (secondary N) is 1. The van der Waals surface area contributed by atoms with Crippen LogP contribution in [0.25, 0.3) is 0 Å². The molecule has 1 heterocycles.